The quantitative estimate of drug-likeness (QED) is 0.485. The number of nitrogens with zero attached hydrogens (tertiary/aromatic N) is 2. The Bertz CT molecular complexity index is 991. The van der Waals surface area contributed by atoms with Crippen molar-refractivity contribution in [1.82, 2.24) is 15.3 Å². The number of amides is 2. The smallest absolute Gasteiger partial charge is 0.269 e. The molecule has 2 fully saturated rings. The number of allylic oxidation sites excluding steroid dienone is 2. The molecule has 1 unspecified atom stereocenters. The maximum atomic E-state index is 12.9. The zero-order valence-electron chi connectivity index (χ0n) is 17.8. The third-order valence-electron chi connectivity index (χ3n) is 6.54. The fourth-order valence-corrected chi connectivity index (χ4v) is 4.68. The minimum Gasteiger partial charge on any atom is -0.383 e. The molecule has 3 aliphatic heterocycles. The predicted molar refractivity (Wildman–Crippen MR) is 123 cm³/mol. The maximum Gasteiger partial charge on any atom is 0.269 e. The van der Waals surface area contributed by atoms with Crippen molar-refractivity contribution in [2.45, 2.75) is 37.8 Å². The molecule has 1 atom stereocenters. The summed E-state index contributed by atoms with van der Waals surface area (Å²) >= 11 is 3.04. The highest BCUT2D eigenvalue weighted by atomic mass is 79.9. The number of halogens is 2. The number of hydrogen-bond acceptors (Lipinski definition) is 5. The molecule has 170 valence electrons. The second-order valence-electron chi connectivity index (χ2n) is 8.33. The molecule has 2 saturated heterocycles. The molecular formula is C23H26BrFN4O3. The lowest BCUT2D eigenvalue weighted by atomic mass is 9.84. The van der Waals surface area contributed by atoms with Gasteiger partial charge in [0.1, 0.15) is 10.3 Å². The third-order valence-corrected chi connectivity index (χ3v) is 7.31. The van der Waals surface area contributed by atoms with Gasteiger partial charge in [-0.1, -0.05) is 18.2 Å². The Kier molecular flexibility index (Phi) is 6.39. The van der Waals surface area contributed by atoms with E-state index in [1.54, 1.807) is 12.3 Å². The predicted octanol–water partition coefficient (Wildman–Crippen LogP) is 3.21. The molecule has 0 radical (unpaired) electrons. The van der Waals surface area contributed by atoms with Crippen molar-refractivity contribution in [3.05, 3.63) is 64.0 Å². The first-order chi connectivity index (χ1) is 15.3. The van der Waals surface area contributed by atoms with Gasteiger partial charge >= 0.3 is 0 Å². The van der Waals surface area contributed by atoms with E-state index in [0.29, 0.717) is 18.7 Å². The molecule has 7 nitrogen and oxygen atoms in total. The van der Waals surface area contributed by atoms with Gasteiger partial charge in [0.05, 0.1) is 18.2 Å². The van der Waals surface area contributed by atoms with Crippen LogP contribution in [0.15, 0.2) is 52.9 Å². The molecule has 3 heterocycles. The zero-order chi connectivity index (χ0) is 22.9. The van der Waals surface area contributed by atoms with Crippen molar-refractivity contribution >= 4 is 33.3 Å². The molecular weight excluding hydrogens is 479 g/mol. The van der Waals surface area contributed by atoms with Crippen LogP contribution < -0.4 is 11.3 Å². The Morgan fingerprint density at radius 1 is 1.22 bits per heavy atom. The Labute approximate surface area is 194 Å². The van der Waals surface area contributed by atoms with Crippen LogP contribution in [0.25, 0.3) is 5.57 Å². The van der Waals surface area contributed by atoms with Crippen molar-refractivity contribution in [1.29, 1.82) is 0 Å². The topological polar surface area (TPSA) is 87.9 Å². The molecule has 32 heavy (non-hydrogen) atoms. The van der Waals surface area contributed by atoms with E-state index in [-0.39, 0.29) is 27.9 Å². The van der Waals surface area contributed by atoms with E-state index in [1.165, 1.54) is 10.4 Å². The number of piperidine rings is 1. The Balaban J connectivity index is 1.44. The van der Waals surface area contributed by atoms with Crippen molar-refractivity contribution in [2.75, 3.05) is 19.7 Å². The van der Waals surface area contributed by atoms with Crippen LogP contribution in [0.4, 0.5) is 4.48 Å². The summed E-state index contributed by atoms with van der Waals surface area (Å²) in [6.45, 7) is 4.13. The molecule has 0 aromatic heterocycles. The molecule has 3 aliphatic rings. The Morgan fingerprint density at radius 3 is 2.44 bits per heavy atom. The van der Waals surface area contributed by atoms with Gasteiger partial charge in [-0.15, -0.1) is 4.48 Å². The van der Waals surface area contributed by atoms with Crippen molar-refractivity contribution in [2.24, 2.45) is 5.73 Å². The van der Waals surface area contributed by atoms with Crippen molar-refractivity contribution in [3.8, 4) is 0 Å². The molecule has 3 N–H and O–H groups in total. The van der Waals surface area contributed by atoms with Crippen molar-refractivity contribution < 1.29 is 18.8 Å². The number of hydrogen-bond donors (Lipinski definition) is 2. The summed E-state index contributed by atoms with van der Waals surface area (Å²) in [6, 6.07) is 7.11. The minimum atomic E-state index is -0.466. The fraction of sp³-hybridized carbons (Fsp3) is 0.391. The van der Waals surface area contributed by atoms with Gasteiger partial charge in [0.15, 0.2) is 0 Å². The molecule has 4 rings (SSSR count). The Morgan fingerprint density at radius 2 is 1.88 bits per heavy atom. The average Bonchev–Trinajstić information content (AvgIpc) is 2.81. The van der Waals surface area contributed by atoms with Gasteiger partial charge in [0.25, 0.3) is 11.8 Å². The highest BCUT2D eigenvalue weighted by molar-refractivity contribution is 9.12. The van der Waals surface area contributed by atoms with Gasteiger partial charge in [-0.05, 0) is 71.5 Å². The van der Waals surface area contributed by atoms with Crippen LogP contribution in [0.5, 0.6) is 0 Å². The zero-order valence-corrected chi connectivity index (χ0v) is 19.4. The number of nitrogens with one attached hydrogen (secondary N) is 1. The highest BCUT2D eigenvalue weighted by Gasteiger charge is 2.42. The van der Waals surface area contributed by atoms with E-state index in [4.69, 9.17) is 10.5 Å². The maximum absolute atomic E-state index is 12.9. The Hall–Kier alpha value is -2.65. The summed E-state index contributed by atoms with van der Waals surface area (Å²) in [5.41, 5.74) is 9.19. The first-order valence-electron chi connectivity index (χ1n) is 10.6. The van der Waals surface area contributed by atoms with Crippen LogP contribution in [0.2, 0.25) is 0 Å². The standard InChI is InChI=1S/C23H26BrFN4O3/c1-15-18(3-2-11-29(15)22(31)19(24)20(26)27-25)16-4-6-17(7-5-16)21(30)28-12-8-23(9-13-28)10-14-32-23/h2-7,11,15,27H,8-10,12-14,26H2,1H3/b20-19-. The third kappa shape index (κ3) is 4.19. The molecule has 1 aromatic carbocycles. The van der Waals surface area contributed by atoms with E-state index in [2.05, 4.69) is 15.9 Å². The summed E-state index contributed by atoms with van der Waals surface area (Å²) in [7, 11) is 0. The number of likely N-dealkylation sites (tertiary alicyclic amines) is 1. The van der Waals surface area contributed by atoms with Gasteiger partial charge < -0.3 is 20.3 Å². The largest absolute Gasteiger partial charge is 0.383 e. The fourth-order valence-electron chi connectivity index (χ4n) is 4.40. The number of ether oxygens (including phenoxy) is 1. The molecule has 9 heteroatoms. The summed E-state index contributed by atoms with van der Waals surface area (Å²) in [6.07, 6.45) is 8.16. The summed E-state index contributed by atoms with van der Waals surface area (Å²) in [4.78, 5) is 29.0. The normalized spacial score (nSPS) is 22.7. The van der Waals surface area contributed by atoms with Gasteiger partial charge in [-0.25, -0.2) is 5.54 Å². The van der Waals surface area contributed by atoms with Gasteiger partial charge in [-0.2, -0.15) is 0 Å². The number of rotatable bonds is 4. The number of carbonyl (C=O) groups is 2. The number of nitrogens with two attached hydrogens (primary N) is 1. The average molecular weight is 505 g/mol. The van der Waals surface area contributed by atoms with Gasteiger partial charge in [-0.3, -0.25) is 9.59 Å². The van der Waals surface area contributed by atoms with Crippen LogP contribution in [-0.2, 0) is 9.53 Å². The van der Waals surface area contributed by atoms with E-state index in [9.17, 15) is 14.1 Å². The van der Waals surface area contributed by atoms with E-state index in [0.717, 1.165) is 37.0 Å². The molecule has 0 aliphatic carbocycles. The molecule has 2 amide bonds. The summed E-state index contributed by atoms with van der Waals surface area (Å²) in [5, 5.41) is 0. The molecule has 0 saturated carbocycles. The lowest BCUT2D eigenvalue weighted by Crippen LogP contribution is -2.53. The van der Waals surface area contributed by atoms with Gasteiger partial charge in [0.2, 0.25) is 0 Å². The monoisotopic (exact) mass is 504 g/mol. The first kappa shape index (κ1) is 22.5. The van der Waals surface area contributed by atoms with Crippen molar-refractivity contribution in [3.63, 3.8) is 0 Å². The van der Waals surface area contributed by atoms with Crippen LogP contribution in [0.1, 0.15) is 42.1 Å². The lowest BCUT2D eigenvalue weighted by Gasteiger charge is -2.47. The van der Waals surface area contributed by atoms with Gasteiger partial charge in [0, 0.05) is 24.9 Å². The molecule has 0 bridgehead atoms. The summed E-state index contributed by atoms with van der Waals surface area (Å²) < 4.78 is 18.2. The van der Waals surface area contributed by atoms with E-state index in [1.807, 2.05) is 42.2 Å². The molecule has 1 aromatic rings. The van der Waals surface area contributed by atoms with Crippen LogP contribution in [-0.4, -0.2) is 53.0 Å². The number of carbonyl (C=O) groups excluding carboxylic acids is 2. The second kappa shape index (κ2) is 9.07. The summed E-state index contributed by atoms with van der Waals surface area (Å²) in [5.74, 6) is -0.828. The van der Waals surface area contributed by atoms with Crippen LogP contribution in [0.3, 0.4) is 0 Å². The van der Waals surface area contributed by atoms with Crippen LogP contribution in [0, 0.1) is 0 Å². The number of benzene rings is 1. The highest BCUT2D eigenvalue weighted by Crippen LogP contribution is 2.37. The lowest BCUT2D eigenvalue weighted by molar-refractivity contribution is -0.169. The minimum absolute atomic E-state index is 0.0101. The second-order valence-corrected chi connectivity index (χ2v) is 9.12. The van der Waals surface area contributed by atoms with Crippen LogP contribution >= 0.6 is 15.9 Å². The molecule has 1 spiro atoms. The van der Waals surface area contributed by atoms with E-state index >= 15 is 0 Å². The SMILES string of the molecule is CC1C(c2ccc(C(=O)N3CCC4(CCO4)CC3)cc2)=CC=CN1C(=O)/C(Br)=C(\N)NF. The first-order valence-corrected chi connectivity index (χ1v) is 11.4. The van der Waals surface area contributed by atoms with E-state index < -0.39 is 5.91 Å².